The van der Waals surface area contributed by atoms with E-state index < -0.39 is 0 Å². The van der Waals surface area contributed by atoms with Gasteiger partial charge in [0.15, 0.2) is 0 Å². The van der Waals surface area contributed by atoms with Gasteiger partial charge in [-0.25, -0.2) is 0 Å². The van der Waals surface area contributed by atoms with Crippen molar-refractivity contribution >= 4 is 5.78 Å². The molecule has 5 nitrogen and oxygen atoms in total. The molecular formula is C13H22N2O3. The molecule has 0 N–H and O–H groups in total. The van der Waals surface area contributed by atoms with Gasteiger partial charge in [0.2, 0.25) is 11.7 Å². The van der Waals surface area contributed by atoms with Crippen LogP contribution in [0.3, 0.4) is 0 Å². The summed E-state index contributed by atoms with van der Waals surface area (Å²) >= 11 is 0. The number of methoxy groups -OCH3 is 1. The summed E-state index contributed by atoms with van der Waals surface area (Å²) in [5.74, 6) is 0.977. The molecule has 1 aromatic heterocycles. The number of carbonyl (C=O) groups excluding carboxylic acids is 1. The fourth-order valence-electron chi connectivity index (χ4n) is 2.09. The Hall–Kier alpha value is -1.23. The molecule has 0 aliphatic rings. The zero-order valence-electron chi connectivity index (χ0n) is 11.9. The quantitative estimate of drug-likeness (QED) is 0.781. The summed E-state index contributed by atoms with van der Waals surface area (Å²) in [6.07, 6.45) is -0.206. The van der Waals surface area contributed by atoms with E-state index in [0.29, 0.717) is 11.7 Å². The molecule has 1 rings (SSSR count). The van der Waals surface area contributed by atoms with Crippen molar-refractivity contribution in [2.45, 2.75) is 46.6 Å². The average Bonchev–Trinajstić information content (AvgIpc) is 2.66. The molecule has 0 radical (unpaired) electrons. The standard InChI is InChI=1S/C13H22N2O3/c1-7(2)10(9(5)16)13-14-12(15-18-13)11(17-6)8(3)4/h7-8,10-11H,1-6H3. The topological polar surface area (TPSA) is 65.2 Å². The van der Waals surface area contributed by atoms with E-state index in [0.717, 1.165) is 0 Å². The van der Waals surface area contributed by atoms with Gasteiger partial charge in [0.25, 0.3) is 0 Å². The number of aromatic nitrogens is 2. The predicted octanol–water partition coefficient (Wildman–Crippen LogP) is 2.74. The lowest BCUT2D eigenvalue weighted by Gasteiger charge is -2.15. The molecule has 1 heterocycles. The molecule has 0 bridgehead atoms. The largest absolute Gasteiger partial charge is 0.373 e. The van der Waals surface area contributed by atoms with E-state index in [9.17, 15) is 4.79 Å². The number of hydrogen-bond donors (Lipinski definition) is 0. The Balaban J connectivity index is 3.00. The van der Waals surface area contributed by atoms with E-state index in [1.54, 1.807) is 14.0 Å². The summed E-state index contributed by atoms with van der Waals surface area (Å²) in [4.78, 5) is 15.9. The van der Waals surface area contributed by atoms with Crippen molar-refractivity contribution in [1.29, 1.82) is 0 Å². The van der Waals surface area contributed by atoms with Crippen LogP contribution in [0, 0.1) is 11.8 Å². The molecule has 0 saturated carbocycles. The highest BCUT2D eigenvalue weighted by atomic mass is 16.5. The number of carbonyl (C=O) groups is 1. The first-order valence-corrected chi connectivity index (χ1v) is 6.25. The Bertz CT molecular complexity index is 399. The van der Waals surface area contributed by atoms with E-state index in [1.165, 1.54) is 0 Å². The maximum Gasteiger partial charge on any atom is 0.237 e. The molecule has 0 spiro atoms. The lowest BCUT2D eigenvalue weighted by molar-refractivity contribution is -0.119. The smallest absolute Gasteiger partial charge is 0.237 e. The summed E-state index contributed by atoms with van der Waals surface area (Å²) in [6, 6.07) is 0. The van der Waals surface area contributed by atoms with Crippen molar-refractivity contribution in [1.82, 2.24) is 10.1 Å². The zero-order chi connectivity index (χ0) is 13.9. The third kappa shape index (κ3) is 3.16. The number of nitrogens with zero attached hydrogens (tertiary/aromatic N) is 2. The van der Waals surface area contributed by atoms with Crippen LogP contribution >= 0.6 is 0 Å². The Morgan fingerprint density at radius 3 is 2.22 bits per heavy atom. The van der Waals surface area contributed by atoms with Crippen LogP contribution in [0.1, 0.15) is 58.4 Å². The van der Waals surface area contributed by atoms with Gasteiger partial charge in [-0.1, -0.05) is 32.9 Å². The highest BCUT2D eigenvalue weighted by molar-refractivity contribution is 5.82. The van der Waals surface area contributed by atoms with Gasteiger partial charge in [0.1, 0.15) is 11.9 Å². The minimum atomic E-state index is -0.337. The van der Waals surface area contributed by atoms with Crippen LogP contribution in [0.15, 0.2) is 4.52 Å². The summed E-state index contributed by atoms with van der Waals surface area (Å²) in [7, 11) is 1.62. The van der Waals surface area contributed by atoms with Gasteiger partial charge in [0, 0.05) is 7.11 Å². The summed E-state index contributed by atoms with van der Waals surface area (Å²) < 4.78 is 10.6. The Labute approximate surface area is 108 Å². The van der Waals surface area contributed by atoms with E-state index in [-0.39, 0.29) is 29.6 Å². The molecule has 0 aliphatic heterocycles. The minimum absolute atomic E-state index is 0.0405. The van der Waals surface area contributed by atoms with Crippen LogP contribution in [0.5, 0.6) is 0 Å². The third-order valence-corrected chi connectivity index (χ3v) is 2.94. The zero-order valence-corrected chi connectivity index (χ0v) is 11.9. The first-order chi connectivity index (χ1) is 8.38. The maximum atomic E-state index is 11.6. The molecule has 0 amide bonds. The number of ether oxygens (including phenoxy) is 1. The maximum absolute atomic E-state index is 11.6. The van der Waals surface area contributed by atoms with Crippen LogP contribution in [0.25, 0.3) is 0 Å². The van der Waals surface area contributed by atoms with Crippen LogP contribution in [-0.2, 0) is 9.53 Å². The Kier molecular flexibility index (Phi) is 5.02. The Morgan fingerprint density at radius 2 is 1.83 bits per heavy atom. The van der Waals surface area contributed by atoms with Crippen LogP contribution in [-0.4, -0.2) is 23.0 Å². The van der Waals surface area contributed by atoms with E-state index >= 15 is 0 Å². The monoisotopic (exact) mass is 254 g/mol. The molecule has 0 aliphatic carbocycles. The molecule has 0 aromatic carbocycles. The number of rotatable bonds is 6. The molecular weight excluding hydrogens is 232 g/mol. The Morgan fingerprint density at radius 1 is 1.22 bits per heavy atom. The molecule has 5 heteroatoms. The summed E-state index contributed by atoms with van der Waals surface area (Å²) in [6.45, 7) is 9.52. The fraction of sp³-hybridized carbons (Fsp3) is 0.769. The second-order valence-corrected chi connectivity index (χ2v) is 5.22. The SMILES string of the molecule is COC(c1noc(C(C(C)=O)C(C)C)n1)C(C)C. The van der Waals surface area contributed by atoms with Crippen molar-refractivity contribution in [3.05, 3.63) is 11.7 Å². The van der Waals surface area contributed by atoms with Gasteiger partial charge in [-0.05, 0) is 18.8 Å². The van der Waals surface area contributed by atoms with Gasteiger partial charge in [-0.3, -0.25) is 4.79 Å². The summed E-state index contributed by atoms with van der Waals surface area (Å²) in [5.41, 5.74) is 0. The van der Waals surface area contributed by atoms with Gasteiger partial charge >= 0.3 is 0 Å². The summed E-state index contributed by atoms with van der Waals surface area (Å²) in [5, 5.41) is 3.93. The van der Waals surface area contributed by atoms with Crippen molar-refractivity contribution in [3.63, 3.8) is 0 Å². The van der Waals surface area contributed by atoms with Crippen LogP contribution in [0.4, 0.5) is 0 Å². The minimum Gasteiger partial charge on any atom is -0.373 e. The molecule has 0 saturated heterocycles. The molecule has 102 valence electrons. The van der Waals surface area contributed by atoms with E-state index in [1.807, 2.05) is 27.7 Å². The normalized spacial score (nSPS) is 15.1. The third-order valence-electron chi connectivity index (χ3n) is 2.94. The van der Waals surface area contributed by atoms with Crippen LogP contribution < -0.4 is 0 Å². The number of ketones is 1. The van der Waals surface area contributed by atoms with E-state index in [2.05, 4.69) is 10.1 Å². The number of Topliss-reactive ketones (excluding diaryl/α,β-unsaturated/α-hetero) is 1. The lowest BCUT2D eigenvalue weighted by atomic mass is 9.92. The second kappa shape index (κ2) is 6.09. The highest BCUT2D eigenvalue weighted by Crippen LogP contribution is 2.27. The van der Waals surface area contributed by atoms with Crippen molar-refractivity contribution < 1.29 is 14.1 Å². The molecule has 0 fully saturated rings. The molecule has 2 atom stereocenters. The second-order valence-electron chi connectivity index (χ2n) is 5.22. The van der Waals surface area contributed by atoms with Gasteiger partial charge in [-0.15, -0.1) is 0 Å². The van der Waals surface area contributed by atoms with Gasteiger partial charge < -0.3 is 9.26 Å². The number of hydrogen-bond acceptors (Lipinski definition) is 5. The predicted molar refractivity (Wildman–Crippen MR) is 67.1 cm³/mol. The van der Waals surface area contributed by atoms with E-state index in [4.69, 9.17) is 9.26 Å². The lowest BCUT2D eigenvalue weighted by Crippen LogP contribution is -2.16. The molecule has 2 unspecified atom stereocenters. The first kappa shape index (κ1) is 14.8. The highest BCUT2D eigenvalue weighted by Gasteiger charge is 2.29. The van der Waals surface area contributed by atoms with Gasteiger partial charge in [-0.2, -0.15) is 4.98 Å². The van der Waals surface area contributed by atoms with Crippen molar-refractivity contribution in [3.8, 4) is 0 Å². The molecule has 18 heavy (non-hydrogen) atoms. The average molecular weight is 254 g/mol. The van der Waals surface area contributed by atoms with Crippen LogP contribution in [0.2, 0.25) is 0 Å². The fourth-order valence-corrected chi connectivity index (χ4v) is 2.09. The van der Waals surface area contributed by atoms with Crippen molar-refractivity contribution in [2.75, 3.05) is 7.11 Å². The molecule has 1 aromatic rings. The van der Waals surface area contributed by atoms with Crippen molar-refractivity contribution in [2.24, 2.45) is 11.8 Å². The first-order valence-electron chi connectivity index (χ1n) is 6.25. The van der Waals surface area contributed by atoms with Gasteiger partial charge in [0.05, 0.1) is 5.92 Å².